The van der Waals surface area contributed by atoms with Crippen LogP contribution in [0.3, 0.4) is 0 Å². The average Bonchev–Trinajstić information content (AvgIpc) is 1.96. The fraction of sp³-hybridized carbons (Fsp3) is 0.167. The van der Waals surface area contributed by atoms with Crippen molar-refractivity contribution in [2.24, 2.45) is 5.16 Å². The number of carbonyl (C=O) groups is 2. The molecule has 0 aromatic carbocycles. The maximum absolute atomic E-state index is 9.94. The first kappa shape index (κ1) is 14.2. The number of rotatable bonds is 4. The van der Waals surface area contributed by atoms with E-state index in [1.54, 1.807) is 0 Å². The van der Waals surface area contributed by atoms with Gasteiger partial charge in [0.1, 0.15) is 5.71 Å². The van der Waals surface area contributed by atoms with E-state index in [-0.39, 0.29) is 29.0 Å². The summed E-state index contributed by atoms with van der Waals surface area (Å²) >= 11 is 0. The van der Waals surface area contributed by atoms with E-state index in [2.05, 4.69) is 9.99 Å². The molecule has 0 saturated carbocycles. The minimum atomic E-state index is -1.99. The number of carboxylic acids is 2. The summed E-state index contributed by atoms with van der Waals surface area (Å²) in [6, 6.07) is 0. The molecular weight excluding hydrogens is 274 g/mol. The van der Waals surface area contributed by atoms with E-state index in [0.29, 0.717) is 0 Å². The van der Waals surface area contributed by atoms with Crippen molar-refractivity contribution in [3.05, 3.63) is 0 Å². The van der Waals surface area contributed by atoms with E-state index in [0.717, 1.165) is 0 Å². The van der Waals surface area contributed by atoms with Gasteiger partial charge < -0.3 is 24.6 Å². The Morgan fingerprint density at radius 2 is 1.85 bits per heavy atom. The molecule has 7 heteroatoms. The third kappa shape index (κ3) is 5.93. The Balaban J connectivity index is 0. The quantitative estimate of drug-likeness (QED) is 0.132. The van der Waals surface area contributed by atoms with Gasteiger partial charge in [-0.1, -0.05) is 11.1 Å². The molecule has 0 atom stereocenters. The van der Waals surface area contributed by atoms with Gasteiger partial charge in [0.15, 0.2) is 6.61 Å². The van der Waals surface area contributed by atoms with Crippen LogP contribution in [0.2, 0.25) is 0 Å². The first-order chi connectivity index (χ1) is 5.59. The fourth-order valence-electron chi connectivity index (χ4n) is 0.292. The van der Waals surface area contributed by atoms with E-state index in [4.69, 9.17) is 6.42 Å². The van der Waals surface area contributed by atoms with Crippen molar-refractivity contribution in [1.29, 1.82) is 0 Å². The van der Waals surface area contributed by atoms with E-state index >= 15 is 0 Å². The minimum absolute atomic E-state index is 0. The summed E-state index contributed by atoms with van der Waals surface area (Å²) in [5.74, 6) is -2.04. The van der Waals surface area contributed by atoms with Gasteiger partial charge in [-0.25, -0.2) is 0 Å². The van der Waals surface area contributed by atoms with E-state index in [1.165, 1.54) is 0 Å². The van der Waals surface area contributed by atoms with Gasteiger partial charge in [0.05, 0.1) is 11.9 Å². The molecule has 0 aromatic rings. The van der Waals surface area contributed by atoms with E-state index in [9.17, 15) is 19.8 Å². The second-order valence-electron chi connectivity index (χ2n) is 1.49. The van der Waals surface area contributed by atoms with Crippen molar-refractivity contribution in [2.75, 3.05) is 6.61 Å². The van der Waals surface area contributed by atoms with E-state index < -0.39 is 17.7 Å². The number of terminal acetylenes is 1. The van der Waals surface area contributed by atoms with Gasteiger partial charge in [0, 0.05) is 22.4 Å². The maximum Gasteiger partial charge on any atom is 0.177 e. The number of carboxylic acid groups (broad SMARTS) is 2. The first-order valence-electron chi connectivity index (χ1n) is 2.65. The summed E-state index contributed by atoms with van der Waals surface area (Å²) in [6.07, 6.45) is 4.70. The molecule has 6 nitrogen and oxygen atoms in total. The SMILES string of the molecule is C#CCON=C(C(=O)[O-])C(=O)[O-].[Ag]. The number of carbonyl (C=O) groups excluding carboxylic acids is 2. The largest absolute Gasteiger partial charge is 0.543 e. The molecule has 0 aliphatic heterocycles. The summed E-state index contributed by atoms with van der Waals surface area (Å²) in [7, 11) is 0. The molecule has 0 unspecified atom stereocenters. The Kier molecular flexibility index (Phi) is 8.07. The molecule has 0 saturated heterocycles. The van der Waals surface area contributed by atoms with Crippen molar-refractivity contribution in [2.45, 2.75) is 0 Å². The molecule has 0 heterocycles. The van der Waals surface area contributed by atoms with Crippen LogP contribution in [0.5, 0.6) is 0 Å². The van der Waals surface area contributed by atoms with Crippen LogP contribution in [0, 0.1) is 12.3 Å². The Hall–Kier alpha value is -1.29. The number of hydrogen-bond acceptors (Lipinski definition) is 6. The summed E-state index contributed by atoms with van der Waals surface area (Å²) < 4.78 is 0. The predicted octanol–water partition coefficient (Wildman–Crippen LogP) is -3.51. The average molecular weight is 277 g/mol. The molecule has 0 rings (SSSR count). The van der Waals surface area contributed by atoms with Crippen molar-refractivity contribution >= 4 is 17.7 Å². The standard InChI is InChI=1S/C6H5NO5.Ag/c1-2-3-12-7-4(5(8)9)6(10)11;/h1H,3H2,(H,8,9)(H,10,11);/p-2. The van der Waals surface area contributed by atoms with Crippen molar-refractivity contribution in [3.8, 4) is 12.3 Å². The molecule has 0 aromatic heterocycles. The molecule has 0 spiro atoms. The second kappa shape index (κ2) is 7.36. The molecule has 13 heavy (non-hydrogen) atoms. The third-order valence-corrected chi connectivity index (χ3v) is 0.690. The van der Waals surface area contributed by atoms with Crippen LogP contribution in [0.1, 0.15) is 0 Å². The summed E-state index contributed by atoms with van der Waals surface area (Å²) in [5.41, 5.74) is -1.33. The van der Waals surface area contributed by atoms with Crippen molar-refractivity contribution in [1.82, 2.24) is 0 Å². The monoisotopic (exact) mass is 276 g/mol. The number of aliphatic carboxylic acids is 2. The van der Waals surface area contributed by atoms with Gasteiger partial charge in [-0.2, -0.15) is 0 Å². The minimum Gasteiger partial charge on any atom is -0.543 e. The molecule has 0 N–H and O–H groups in total. The van der Waals surface area contributed by atoms with Crippen LogP contribution in [0.4, 0.5) is 0 Å². The number of hydrogen-bond donors (Lipinski definition) is 0. The zero-order valence-corrected chi connectivity index (χ0v) is 7.56. The Bertz CT molecular complexity index is 251. The van der Waals surface area contributed by atoms with Crippen LogP contribution >= 0.6 is 0 Å². The topological polar surface area (TPSA) is 102 Å². The molecule has 0 fully saturated rings. The Morgan fingerprint density at radius 3 is 2.15 bits per heavy atom. The summed E-state index contributed by atoms with van der Waals surface area (Å²) in [5, 5.41) is 22.5. The van der Waals surface area contributed by atoms with Gasteiger partial charge in [0.25, 0.3) is 0 Å². The molecule has 0 aliphatic rings. The van der Waals surface area contributed by atoms with Gasteiger partial charge in [-0.3, -0.25) is 0 Å². The normalized spacial score (nSPS) is 7.31. The molecule has 0 aliphatic carbocycles. The summed E-state index contributed by atoms with van der Waals surface area (Å²) in [4.78, 5) is 24.0. The molecule has 75 valence electrons. The smallest absolute Gasteiger partial charge is 0.177 e. The number of nitrogens with zero attached hydrogens (tertiary/aromatic N) is 1. The first-order valence-corrected chi connectivity index (χ1v) is 2.65. The van der Waals surface area contributed by atoms with Crippen LogP contribution in [0.15, 0.2) is 5.16 Å². The zero-order chi connectivity index (χ0) is 9.56. The Morgan fingerprint density at radius 1 is 1.38 bits per heavy atom. The van der Waals surface area contributed by atoms with Crippen molar-refractivity contribution in [3.63, 3.8) is 0 Å². The van der Waals surface area contributed by atoms with Crippen LogP contribution in [-0.2, 0) is 36.8 Å². The Labute approximate surface area is 89.1 Å². The van der Waals surface area contributed by atoms with Crippen LogP contribution in [-0.4, -0.2) is 24.3 Å². The van der Waals surface area contributed by atoms with Gasteiger partial charge >= 0.3 is 0 Å². The van der Waals surface area contributed by atoms with Crippen LogP contribution < -0.4 is 10.2 Å². The predicted molar refractivity (Wildman–Crippen MR) is 32.2 cm³/mol. The van der Waals surface area contributed by atoms with Crippen molar-refractivity contribution < 1.29 is 47.0 Å². The number of oxime groups is 1. The molecular formula is C6H3AgNO5-2. The summed E-state index contributed by atoms with van der Waals surface area (Å²) in [6.45, 7) is -0.329. The zero-order valence-electron chi connectivity index (χ0n) is 6.07. The third-order valence-electron chi connectivity index (χ3n) is 0.690. The van der Waals surface area contributed by atoms with Gasteiger partial charge in [-0.15, -0.1) is 6.42 Å². The maximum atomic E-state index is 9.94. The molecule has 0 amide bonds. The van der Waals surface area contributed by atoms with Gasteiger partial charge in [0.2, 0.25) is 0 Å². The van der Waals surface area contributed by atoms with E-state index in [1.807, 2.05) is 5.92 Å². The second-order valence-corrected chi connectivity index (χ2v) is 1.49. The molecule has 0 bridgehead atoms. The molecule has 1 radical (unpaired) electrons. The van der Waals surface area contributed by atoms with Gasteiger partial charge in [-0.05, 0) is 0 Å². The fourth-order valence-corrected chi connectivity index (χ4v) is 0.292. The van der Waals surface area contributed by atoms with Crippen LogP contribution in [0.25, 0.3) is 0 Å².